The molecular formula is C21H36O3. The normalized spacial score (nSPS) is 60.2. The van der Waals surface area contributed by atoms with Gasteiger partial charge in [-0.3, -0.25) is 0 Å². The van der Waals surface area contributed by atoms with E-state index in [1.807, 2.05) is 0 Å². The molecule has 0 saturated heterocycles. The molecule has 24 heavy (non-hydrogen) atoms. The average Bonchev–Trinajstić information content (AvgIpc) is 2.90. The van der Waals surface area contributed by atoms with Crippen molar-refractivity contribution in [2.75, 3.05) is 0 Å². The molecule has 10 unspecified atom stereocenters. The van der Waals surface area contributed by atoms with E-state index in [9.17, 15) is 15.3 Å². The molecule has 0 bridgehead atoms. The van der Waals surface area contributed by atoms with Crippen molar-refractivity contribution in [2.24, 2.45) is 40.4 Å². The number of rotatable bonds is 1. The van der Waals surface area contributed by atoms with Gasteiger partial charge >= 0.3 is 0 Å². The van der Waals surface area contributed by atoms with Gasteiger partial charge in [0.25, 0.3) is 0 Å². The maximum atomic E-state index is 11.1. The summed E-state index contributed by atoms with van der Waals surface area (Å²) in [5.41, 5.74) is 0.447. The van der Waals surface area contributed by atoms with Crippen LogP contribution in [0.5, 0.6) is 0 Å². The molecule has 0 spiro atoms. The van der Waals surface area contributed by atoms with E-state index in [2.05, 4.69) is 20.8 Å². The summed E-state index contributed by atoms with van der Waals surface area (Å²) < 4.78 is 0. The number of hydrogen-bond acceptors (Lipinski definition) is 3. The fraction of sp³-hybridized carbons (Fsp3) is 1.00. The molecule has 3 N–H and O–H groups in total. The zero-order valence-corrected chi connectivity index (χ0v) is 15.6. The van der Waals surface area contributed by atoms with Gasteiger partial charge in [-0.25, -0.2) is 0 Å². The van der Waals surface area contributed by atoms with E-state index in [0.717, 1.165) is 18.8 Å². The highest BCUT2D eigenvalue weighted by molar-refractivity contribution is 5.13. The van der Waals surface area contributed by atoms with E-state index in [1.165, 1.54) is 32.1 Å². The molecule has 0 aromatic heterocycles. The molecule has 3 nitrogen and oxygen atoms in total. The largest absolute Gasteiger partial charge is 0.393 e. The van der Waals surface area contributed by atoms with Gasteiger partial charge in [-0.1, -0.05) is 27.2 Å². The molecule has 0 amide bonds. The first kappa shape index (κ1) is 17.3. The lowest BCUT2D eigenvalue weighted by atomic mass is 9.43. The van der Waals surface area contributed by atoms with E-state index < -0.39 is 12.2 Å². The molecule has 0 radical (unpaired) electrons. The molecule has 4 saturated carbocycles. The second-order valence-corrected chi connectivity index (χ2v) is 10.0. The van der Waals surface area contributed by atoms with Gasteiger partial charge in [-0.2, -0.15) is 0 Å². The van der Waals surface area contributed by atoms with Gasteiger partial charge in [-0.05, 0) is 85.4 Å². The third kappa shape index (κ3) is 2.13. The van der Waals surface area contributed by atoms with E-state index >= 15 is 0 Å². The zero-order chi connectivity index (χ0) is 17.3. The summed E-state index contributed by atoms with van der Waals surface area (Å²) in [5.74, 6) is 2.18. The summed E-state index contributed by atoms with van der Waals surface area (Å²) in [7, 11) is 0. The lowest BCUT2D eigenvalue weighted by molar-refractivity contribution is -0.222. The SMILES string of the molecule is CCC1CCC2C3C(O)C(O)C4CC(O)CCC4(C)C3CCC12C. The van der Waals surface area contributed by atoms with Crippen LogP contribution < -0.4 is 0 Å². The quantitative estimate of drug-likeness (QED) is 0.688. The third-order valence-corrected chi connectivity index (χ3v) is 9.41. The Kier molecular flexibility index (Phi) is 4.10. The fourth-order valence-corrected chi connectivity index (χ4v) is 8.02. The maximum Gasteiger partial charge on any atom is 0.0836 e. The fourth-order valence-electron chi connectivity index (χ4n) is 8.02. The van der Waals surface area contributed by atoms with Crippen LogP contribution in [0.4, 0.5) is 0 Å². The van der Waals surface area contributed by atoms with Crippen molar-refractivity contribution in [2.45, 2.75) is 90.4 Å². The molecule has 0 heterocycles. The Morgan fingerprint density at radius 3 is 2.17 bits per heavy atom. The highest BCUT2D eigenvalue weighted by Crippen LogP contribution is 2.67. The minimum Gasteiger partial charge on any atom is -0.393 e. The van der Waals surface area contributed by atoms with Crippen molar-refractivity contribution in [1.82, 2.24) is 0 Å². The first-order valence-corrected chi connectivity index (χ1v) is 10.4. The van der Waals surface area contributed by atoms with Crippen LogP contribution in [0.1, 0.15) is 72.1 Å². The Morgan fingerprint density at radius 2 is 1.46 bits per heavy atom. The summed E-state index contributed by atoms with van der Waals surface area (Å²) in [5, 5.41) is 32.2. The predicted molar refractivity (Wildman–Crippen MR) is 94.3 cm³/mol. The Balaban J connectivity index is 1.70. The highest BCUT2D eigenvalue weighted by Gasteiger charge is 2.64. The van der Waals surface area contributed by atoms with Crippen molar-refractivity contribution < 1.29 is 15.3 Å². The number of hydrogen-bond donors (Lipinski definition) is 3. The molecule has 4 aliphatic rings. The Morgan fingerprint density at radius 1 is 0.792 bits per heavy atom. The first-order valence-electron chi connectivity index (χ1n) is 10.4. The van der Waals surface area contributed by atoms with Gasteiger partial charge in [0.1, 0.15) is 0 Å². The van der Waals surface area contributed by atoms with Crippen LogP contribution in [0, 0.1) is 40.4 Å². The smallest absolute Gasteiger partial charge is 0.0836 e. The summed E-state index contributed by atoms with van der Waals surface area (Å²) in [6.07, 6.45) is 7.21. The molecule has 138 valence electrons. The second-order valence-electron chi connectivity index (χ2n) is 10.0. The highest BCUT2D eigenvalue weighted by atomic mass is 16.3. The lowest BCUT2D eigenvalue weighted by Crippen LogP contribution is -2.64. The summed E-state index contributed by atoms with van der Waals surface area (Å²) in [6.45, 7) is 7.13. The van der Waals surface area contributed by atoms with Gasteiger partial charge in [0.15, 0.2) is 0 Å². The van der Waals surface area contributed by atoms with Crippen LogP contribution in [-0.2, 0) is 0 Å². The Labute approximate surface area is 146 Å². The Hall–Kier alpha value is -0.120. The lowest BCUT2D eigenvalue weighted by Gasteiger charge is -2.63. The van der Waals surface area contributed by atoms with Crippen molar-refractivity contribution in [3.63, 3.8) is 0 Å². The van der Waals surface area contributed by atoms with Gasteiger partial charge < -0.3 is 15.3 Å². The minimum atomic E-state index is -0.658. The van der Waals surface area contributed by atoms with E-state index in [0.29, 0.717) is 23.7 Å². The van der Waals surface area contributed by atoms with Gasteiger partial charge in [0.2, 0.25) is 0 Å². The molecule has 0 aromatic carbocycles. The summed E-state index contributed by atoms with van der Waals surface area (Å²) in [6, 6.07) is 0. The molecular weight excluding hydrogens is 300 g/mol. The molecule has 4 rings (SSSR count). The van der Waals surface area contributed by atoms with Crippen LogP contribution in [0.15, 0.2) is 0 Å². The number of fused-ring (bicyclic) bond motifs is 5. The van der Waals surface area contributed by atoms with E-state index in [4.69, 9.17) is 0 Å². The van der Waals surface area contributed by atoms with Crippen molar-refractivity contribution >= 4 is 0 Å². The topological polar surface area (TPSA) is 60.7 Å². The van der Waals surface area contributed by atoms with E-state index in [-0.39, 0.29) is 23.4 Å². The van der Waals surface area contributed by atoms with Gasteiger partial charge in [-0.15, -0.1) is 0 Å². The summed E-state index contributed by atoms with van der Waals surface area (Å²) in [4.78, 5) is 0. The Bertz CT molecular complexity index is 493. The first-order chi connectivity index (χ1) is 11.3. The average molecular weight is 337 g/mol. The number of aliphatic hydroxyl groups is 3. The molecule has 4 aliphatic carbocycles. The zero-order valence-electron chi connectivity index (χ0n) is 15.6. The van der Waals surface area contributed by atoms with Crippen molar-refractivity contribution in [3.05, 3.63) is 0 Å². The standard InChI is InChI=1S/C21H36O3/c1-4-12-5-6-14-17-15(8-10-20(12,14)2)21(3)9-7-13(22)11-16(21)18(23)19(17)24/h12-19,22-24H,4-11H2,1-3H3. The van der Waals surface area contributed by atoms with Crippen molar-refractivity contribution in [3.8, 4) is 0 Å². The molecule has 0 aliphatic heterocycles. The van der Waals surface area contributed by atoms with Crippen LogP contribution in [0.2, 0.25) is 0 Å². The van der Waals surface area contributed by atoms with E-state index in [1.54, 1.807) is 0 Å². The minimum absolute atomic E-state index is 0.0604. The van der Waals surface area contributed by atoms with Crippen LogP contribution in [0.25, 0.3) is 0 Å². The van der Waals surface area contributed by atoms with Crippen LogP contribution in [0.3, 0.4) is 0 Å². The van der Waals surface area contributed by atoms with Crippen LogP contribution >= 0.6 is 0 Å². The van der Waals surface area contributed by atoms with Gasteiger partial charge in [0, 0.05) is 0 Å². The molecule has 10 atom stereocenters. The third-order valence-electron chi connectivity index (χ3n) is 9.41. The van der Waals surface area contributed by atoms with Gasteiger partial charge in [0.05, 0.1) is 18.3 Å². The number of aliphatic hydroxyl groups excluding tert-OH is 3. The molecule has 3 heteroatoms. The molecule has 4 fully saturated rings. The van der Waals surface area contributed by atoms with Crippen LogP contribution in [-0.4, -0.2) is 33.6 Å². The maximum absolute atomic E-state index is 11.1. The summed E-state index contributed by atoms with van der Waals surface area (Å²) >= 11 is 0. The predicted octanol–water partition coefficient (Wildman–Crippen LogP) is 3.36. The monoisotopic (exact) mass is 336 g/mol. The van der Waals surface area contributed by atoms with Crippen molar-refractivity contribution in [1.29, 1.82) is 0 Å². The molecule has 0 aromatic rings. The second kappa shape index (κ2) is 5.69.